The van der Waals surface area contributed by atoms with E-state index in [1.807, 2.05) is 82.3 Å². The summed E-state index contributed by atoms with van der Waals surface area (Å²) >= 11 is 0. The van der Waals surface area contributed by atoms with Gasteiger partial charge in [0.2, 0.25) is 0 Å². The molecule has 40 heavy (non-hydrogen) atoms. The van der Waals surface area contributed by atoms with Gasteiger partial charge >= 0.3 is 6.09 Å². The first-order chi connectivity index (χ1) is 19.2. The first kappa shape index (κ1) is 27.0. The lowest BCUT2D eigenvalue weighted by Crippen LogP contribution is -2.43. The highest BCUT2D eigenvalue weighted by Crippen LogP contribution is 2.38. The van der Waals surface area contributed by atoms with Gasteiger partial charge in [-0.1, -0.05) is 36.4 Å². The topological polar surface area (TPSA) is 92.2 Å². The highest BCUT2D eigenvalue weighted by atomic mass is 19.1. The molecule has 5 aromatic rings. The van der Waals surface area contributed by atoms with Gasteiger partial charge in [0.05, 0.1) is 24.6 Å². The van der Waals surface area contributed by atoms with E-state index >= 15 is 4.39 Å². The number of hydrogen-bond donors (Lipinski definition) is 3. The molecule has 3 N–H and O–H groups in total. The van der Waals surface area contributed by atoms with Gasteiger partial charge in [-0.05, 0) is 74.7 Å². The van der Waals surface area contributed by atoms with Crippen LogP contribution in [0.1, 0.15) is 32.0 Å². The average molecular weight is 541 g/mol. The first-order valence-electron chi connectivity index (χ1n) is 13.2. The van der Waals surface area contributed by atoms with Crippen LogP contribution in [0.4, 0.5) is 14.9 Å². The van der Waals surface area contributed by atoms with Crippen molar-refractivity contribution in [1.29, 1.82) is 0 Å². The summed E-state index contributed by atoms with van der Waals surface area (Å²) in [5.74, 6) is -0.392. The zero-order chi connectivity index (χ0) is 28.3. The summed E-state index contributed by atoms with van der Waals surface area (Å²) in [5.41, 5.74) is 5.59. The number of alkyl carbamates (subject to hydrolysis) is 1. The molecule has 0 fully saturated rings. The maximum atomic E-state index is 15.8. The molecule has 0 spiro atoms. The van der Waals surface area contributed by atoms with Gasteiger partial charge in [0.15, 0.2) is 0 Å². The zero-order valence-corrected chi connectivity index (χ0v) is 23.0. The van der Waals surface area contributed by atoms with Crippen LogP contribution in [0.3, 0.4) is 0 Å². The summed E-state index contributed by atoms with van der Waals surface area (Å²) < 4.78 is 26.8. The van der Waals surface area contributed by atoms with Crippen molar-refractivity contribution in [2.45, 2.75) is 45.8 Å². The van der Waals surface area contributed by atoms with Crippen LogP contribution in [0.2, 0.25) is 0 Å². The van der Waals surface area contributed by atoms with Crippen LogP contribution in [-0.2, 0) is 11.2 Å². The number of aryl methyl sites for hydroxylation is 1. The van der Waals surface area contributed by atoms with Gasteiger partial charge in [-0.3, -0.25) is 5.10 Å². The molecule has 1 amide bonds. The van der Waals surface area contributed by atoms with E-state index in [1.54, 1.807) is 6.07 Å². The molecule has 0 aliphatic rings. The molecular weight excluding hydrogens is 507 g/mol. The molecule has 1 atom stereocenters. The molecule has 7 nitrogen and oxygen atoms in total. The Morgan fingerprint density at radius 1 is 1.07 bits per heavy atom. The SMILES string of the molecule is Cc1[nH]nc2ccc(-c3cc(NC[C@@H](Cc4ccccc4)OC(=O)NC(C)(C)C)cc(F)c3-c3ccoc3)cc12. The van der Waals surface area contributed by atoms with Crippen molar-refractivity contribution >= 4 is 22.7 Å². The van der Waals surface area contributed by atoms with Crippen LogP contribution < -0.4 is 10.6 Å². The third kappa shape index (κ3) is 6.34. The number of benzene rings is 3. The number of hydrogen-bond acceptors (Lipinski definition) is 5. The van der Waals surface area contributed by atoms with E-state index in [0.29, 0.717) is 28.8 Å². The van der Waals surface area contributed by atoms with Crippen LogP contribution in [0.15, 0.2) is 83.7 Å². The Hall–Kier alpha value is -4.59. The van der Waals surface area contributed by atoms with E-state index in [9.17, 15) is 4.79 Å². The Bertz CT molecular complexity index is 1610. The lowest BCUT2D eigenvalue weighted by atomic mass is 9.93. The van der Waals surface area contributed by atoms with E-state index in [1.165, 1.54) is 18.6 Å². The number of nitrogens with one attached hydrogen (secondary N) is 3. The van der Waals surface area contributed by atoms with Gasteiger partial charge in [-0.2, -0.15) is 5.10 Å². The first-order valence-corrected chi connectivity index (χ1v) is 13.2. The van der Waals surface area contributed by atoms with E-state index < -0.39 is 23.6 Å². The lowest BCUT2D eigenvalue weighted by molar-refractivity contribution is 0.0970. The molecule has 0 saturated heterocycles. The fraction of sp³-hybridized carbons (Fsp3) is 0.250. The molecule has 0 aliphatic carbocycles. The number of rotatable bonds is 8. The maximum Gasteiger partial charge on any atom is 0.407 e. The highest BCUT2D eigenvalue weighted by Gasteiger charge is 2.21. The quantitative estimate of drug-likeness (QED) is 0.190. The predicted octanol–water partition coefficient (Wildman–Crippen LogP) is 7.49. The van der Waals surface area contributed by atoms with E-state index in [2.05, 4.69) is 20.8 Å². The number of nitrogens with zero attached hydrogens (tertiary/aromatic N) is 1. The summed E-state index contributed by atoms with van der Waals surface area (Å²) in [6, 6.07) is 20.8. The minimum atomic E-state index is -0.499. The second kappa shape index (κ2) is 11.3. The van der Waals surface area contributed by atoms with Crippen molar-refractivity contribution in [3.63, 3.8) is 0 Å². The van der Waals surface area contributed by atoms with Gasteiger partial charge in [0.1, 0.15) is 11.9 Å². The Balaban J connectivity index is 1.46. The molecule has 0 aliphatic heterocycles. The molecule has 0 unspecified atom stereocenters. The number of amides is 1. The number of halogens is 1. The van der Waals surface area contributed by atoms with Crippen molar-refractivity contribution in [2.75, 3.05) is 11.9 Å². The van der Waals surface area contributed by atoms with Crippen molar-refractivity contribution in [2.24, 2.45) is 0 Å². The van der Waals surface area contributed by atoms with Crippen LogP contribution in [-0.4, -0.2) is 34.5 Å². The number of carbonyl (C=O) groups excluding carboxylic acids is 1. The van der Waals surface area contributed by atoms with Crippen LogP contribution in [0, 0.1) is 12.7 Å². The Morgan fingerprint density at radius 3 is 2.60 bits per heavy atom. The Labute approximate surface area is 232 Å². The summed E-state index contributed by atoms with van der Waals surface area (Å²) in [6.45, 7) is 7.93. The molecule has 0 bridgehead atoms. The van der Waals surface area contributed by atoms with Crippen LogP contribution >= 0.6 is 0 Å². The molecule has 0 saturated carbocycles. The summed E-state index contributed by atoms with van der Waals surface area (Å²) in [4.78, 5) is 12.6. The van der Waals surface area contributed by atoms with E-state index in [4.69, 9.17) is 9.15 Å². The number of anilines is 1. The second-order valence-electron chi connectivity index (χ2n) is 10.9. The normalized spacial score (nSPS) is 12.3. The average Bonchev–Trinajstić information content (AvgIpc) is 3.56. The summed E-state index contributed by atoms with van der Waals surface area (Å²) in [5, 5.41) is 14.4. The summed E-state index contributed by atoms with van der Waals surface area (Å²) in [7, 11) is 0. The third-order valence-corrected chi connectivity index (χ3v) is 6.55. The van der Waals surface area contributed by atoms with E-state index in [0.717, 1.165) is 27.7 Å². The molecule has 5 rings (SSSR count). The number of aromatic amines is 1. The highest BCUT2D eigenvalue weighted by molar-refractivity contribution is 5.92. The van der Waals surface area contributed by atoms with Crippen LogP contribution in [0.5, 0.6) is 0 Å². The van der Waals surface area contributed by atoms with Gasteiger partial charge in [-0.15, -0.1) is 0 Å². The monoisotopic (exact) mass is 540 g/mol. The molecule has 0 radical (unpaired) electrons. The van der Waals surface area contributed by atoms with Gasteiger partial charge in [0.25, 0.3) is 0 Å². The minimum absolute atomic E-state index is 0.288. The molecule has 8 heteroatoms. The molecular formula is C32H33FN4O3. The number of ether oxygens (including phenoxy) is 1. The summed E-state index contributed by atoms with van der Waals surface area (Å²) in [6.07, 6.45) is 2.58. The van der Waals surface area contributed by atoms with E-state index in [-0.39, 0.29) is 6.54 Å². The van der Waals surface area contributed by atoms with Crippen molar-refractivity contribution < 1.29 is 18.3 Å². The number of furan rings is 1. The van der Waals surface area contributed by atoms with Gasteiger partial charge < -0.3 is 19.8 Å². The maximum absolute atomic E-state index is 15.8. The zero-order valence-electron chi connectivity index (χ0n) is 23.0. The number of H-pyrrole nitrogens is 1. The Kier molecular flexibility index (Phi) is 7.60. The lowest BCUT2D eigenvalue weighted by Gasteiger charge is -2.24. The van der Waals surface area contributed by atoms with Crippen molar-refractivity contribution in [3.05, 3.63) is 96.3 Å². The largest absolute Gasteiger partial charge is 0.472 e. The van der Waals surface area contributed by atoms with Crippen molar-refractivity contribution in [3.8, 4) is 22.3 Å². The number of fused-ring (bicyclic) bond motifs is 1. The predicted molar refractivity (Wildman–Crippen MR) is 156 cm³/mol. The molecule has 206 valence electrons. The Morgan fingerprint density at radius 2 is 1.88 bits per heavy atom. The molecule has 3 aromatic carbocycles. The van der Waals surface area contributed by atoms with Gasteiger partial charge in [0, 0.05) is 39.9 Å². The smallest absolute Gasteiger partial charge is 0.407 e. The molecule has 2 aromatic heterocycles. The molecule has 2 heterocycles. The fourth-order valence-corrected chi connectivity index (χ4v) is 4.69. The standard InChI is InChI=1S/C32H33FN4O3/c1-20-26-15-22(10-11-29(26)37-36-20)27-16-24(17-28(33)30(27)23-12-13-39-19-23)34-18-25(14-21-8-6-5-7-9-21)40-31(38)35-32(2,3)4/h5-13,15-17,19,25,34H,14,18H2,1-4H3,(H,35,38)(H,36,37)/t25-/m1/s1. The number of carbonyl (C=O) groups is 1. The minimum Gasteiger partial charge on any atom is -0.472 e. The second-order valence-corrected chi connectivity index (χ2v) is 10.9. The fourth-order valence-electron chi connectivity index (χ4n) is 4.69. The third-order valence-electron chi connectivity index (χ3n) is 6.55. The number of aromatic nitrogens is 2. The van der Waals surface area contributed by atoms with Crippen LogP contribution in [0.25, 0.3) is 33.2 Å². The van der Waals surface area contributed by atoms with Gasteiger partial charge in [-0.25, -0.2) is 9.18 Å². The van der Waals surface area contributed by atoms with Crippen molar-refractivity contribution in [1.82, 2.24) is 15.5 Å².